The quantitative estimate of drug-likeness (QED) is 0.365. The van der Waals surface area contributed by atoms with Gasteiger partial charge in [0.25, 0.3) is 5.56 Å². The first-order valence-electron chi connectivity index (χ1n) is 9.23. The zero-order valence-electron chi connectivity index (χ0n) is 16.2. The number of thiazole rings is 1. The minimum absolute atomic E-state index is 0.0616. The van der Waals surface area contributed by atoms with Crippen LogP contribution in [0.2, 0.25) is 0 Å². The van der Waals surface area contributed by atoms with Crippen molar-refractivity contribution in [2.24, 2.45) is 0 Å². The van der Waals surface area contributed by atoms with Gasteiger partial charge in [0.15, 0.2) is 4.96 Å². The zero-order valence-corrected chi connectivity index (χ0v) is 17.0. The summed E-state index contributed by atoms with van der Waals surface area (Å²) in [6.07, 6.45) is 1.67. The van der Waals surface area contributed by atoms with E-state index in [0.29, 0.717) is 5.39 Å². The Hall–Kier alpha value is -3.05. The van der Waals surface area contributed by atoms with E-state index in [-0.39, 0.29) is 5.56 Å². The Morgan fingerprint density at radius 1 is 0.893 bits per heavy atom. The van der Waals surface area contributed by atoms with E-state index in [1.54, 1.807) is 21.9 Å². The maximum atomic E-state index is 13.5. The fourth-order valence-electron chi connectivity index (χ4n) is 3.93. The Bertz CT molecular complexity index is 1460. The molecular weight excluding hydrogens is 366 g/mol. The summed E-state index contributed by atoms with van der Waals surface area (Å²) in [7, 11) is 0. The summed E-state index contributed by atoms with van der Waals surface area (Å²) >= 11 is 1.56. The van der Waals surface area contributed by atoms with Gasteiger partial charge in [-0.05, 0) is 44.9 Å². The number of aryl methyl sites for hydroxylation is 4. The van der Waals surface area contributed by atoms with Crippen molar-refractivity contribution < 1.29 is 0 Å². The minimum Gasteiger partial charge on any atom is -0.268 e. The summed E-state index contributed by atoms with van der Waals surface area (Å²) in [5, 5.41) is 1.50. The van der Waals surface area contributed by atoms with E-state index in [4.69, 9.17) is 4.98 Å². The number of nitrogens with zero attached hydrogens (tertiary/aromatic N) is 3. The molecular formula is C23H19N3OS. The maximum absolute atomic E-state index is 13.5. The Labute approximate surface area is 166 Å². The average molecular weight is 385 g/mol. The lowest BCUT2D eigenvalue weighted by molar-refractivity contribution is 1.11. The van der Waals surface area contributed by atoms with Gasteiger partial charge >= 0.3 is 0 Å². The highest BCUT2D eigenvalue weighted by Crippen LogP contribution is 2.32. The molecule has 5 aromatic rings. The van der Waals surface area contributed by atoms with Gasteiger partial charge in [0, 0.05) is 16.5 Å². The van der Waals surface area contributed by atoms with Gasteiger partial charge in [-0.3, -0.25) is 14.2 Å². The molecule has 0 bridgehead atoms. The van der Waals surface area contributed by atoms with Crippen LogP contribution in [0.25, 0.3) is 38.0 Å². The van der Waals surface area contributed by atoms with Gasteiger partial charge in [0.2, 0.25) is 0 Å². The van der Waals surface area contributed by atoms with Crippen LogP contribution in [0.3, 0.4) is 0 Å². The molecule has 2 aromatic carbocycles. The molecule has 3 aromatic heterocycles. The van der Waals surface area contributed by atoms with Crippen molar-refractivity contribution >= 4 is 38.1 Å². The van der Waals surface area contributed by atoms with Gasteiger partial charge in [-0.25, -0.2) is 4.98 Å². The number of hydrogen-bond donors (Lipinski definition) is 0. The molecule has 28 heavy (non-hydrogen) atoms. The van der Waals surface area contributed by atoms with Crippen LogP contribution in [0.15, 0.2) is 47.4 Å². The Kier molecular flexibility index (Phi) is 3.64. The summed E-state index contributed by atoms with van der Waals surface area (Å²) in [4.78, 5) is 24.8. The van der Waals surface area contributed by atoms with Gasteiger partial charge in [0.1, 0.15) is 0 Å². The highest BCUT2D eigenvalue weighted by Gasteiger charge is 2.18. The molecule has 0 aliphatic heterocycles. The van der Waals surface area contributed by atoms with Crippen molar-refractivity contribution in [2.75, 3.05) is 0 Å². The van der Waals surface area contributed by atoms with E-state index in [9.17, 15) is 4.79 Å². The lowest BCUT2D eigenvalue weighted by Gasteiger charge is -2.08. The molecule has 0 aliphatic carbocycles. The van der Waals surface area contributed by atoms with Gasteiger partial charge in [-0.1, -0.05) is 41.5 Å². The second kappa shape index (κ2) is 5.97. The van der Waals surface area contributed by atoms with Crippen LogP contribution in [0.5, 0.6) is 0 Å². The Morgan fingerprint density at radius 2 is 1.64 bits per heavy atom. The number of pyridine rings is 1. The van der Waals surface area contributed by atoms with Gasteiger partial charge in [-0.2, -0.15) is 0 Å². The normalized spacial score (nSPS) is 11.7. The fraction of sp³-hybridized carbons (Fsp3) is 0.174. The van der Waals surface area contributed by atoms with Crippen molar-refractivity contribution in [1.82, 2.24) is 14.4 Å². The molecule has 0 saturated carbocycles. The molecule has 4 nitrogen and oxygen atoms in total. The third-order valence-electron chi connectivity index (χ3n) is 5.24. The van der Waals surface area contributed by atoms with Crippen molar-refractivity contribution in [2.45, 2.75) is 27.7 Å². The Morgan fingerprint density at radius 3 is 2.39 bits per heavy atom. The molecule has 0 saturated heterocycles. The van der Waals surface area contributed by atoms with Crippen LogP contribution in [0.1, 0.15) is 21.6 Å². The smallest absolute Gasteiger partial charge is 0.268 e. The first kappa shape index (κ1) is 17.1. The van der Waals surface area contributed by atoms with E-state index in [1.807, 2.05) is 13.8 Å². The van der Waals surface area contributed by atoms with Gasteiger partial charge in [-0.15, -0.1) is 11.3 Å². The molecule has 5 rings (SSSR count). The van der Waals surface area contributed by atoms with Crippen LogP contribution in [0.4, 0.5) is 0 Å². The van der Waals surface area contributed by atoms with E-state index >= 15 is 0 Å². The SMILES string of the molecule is Cc1ccc(-c2c(C)sc3nc4c(cnc5c(C)cc(C)cc54)c(=O)n23)cc1. The van der Waals surface area contributed by atoms with Gasteiger partial charge in [0.05, 0.1) is 22.1 Å². The van der Waals surface area contributed by atoms with E-state index in [2.05, 4.69) is 55.2 Å². The third kappa shape index (κ3) is 2.39. The maximum Gasteiger partial charge on any atom is 0.268 e. The number of hydrogen-bond acceptors (Lipinski definition) is 4. The predicted octanol–water partition coefficient (Wildman–Crippen LogP) is 5.36. The van der Waals surface area contributed by atoms with Crippen molar-refractivity contribution in [3.8, 4) is 11.3 Å². The second-order valence-electron chi connectivity index (χ2n) is 7.41. The fourth-order valence-corrected chi connectivity index (χ4v) is 4.91. The molecule has 0 atom stereocenters. The molecule has 3 heterocycles. The van der Waals surface area contributed by atoms with Crippen molar-refractivity contribution in [3.63, 3.8) is 0 Å². The molecule has 0 N–H and O–H groups in total. The molecule has 0 amide bonds. The molecule has 138 valence electrons. The minimum atomic E-state index is -0.0616. The van der Waals surface area contributed by atoms with E-state index < -0.39 is 0 Å². The topological polar surface area (TPSA) is 47.3 Å². The molecule has 5 heteroatoms. The number of rotatable bonds is 1. The highest BCUT2D eigenvalue weighted by atomic mass is 32.1. The molecule has 0 radical (unpaired) electrons. The summed E-state index contributed by atoms with van der Waals surface area (Å²) in [5.74, 6) is 0. The number of benzene rings is 2. The van der Waals surface area contributed by atoms with E-state index in [1.165, 1.54) is 5.56 Å². The summed E-state index contributed by atoms with van der Waals surface area (Å²) in [6.45, 7) is 8.21. The highest BCUT2D eigenvalue weighted by molar-refractivity contribution is 7.17. The van der Waals surface area contributed by atoms with Crippen LogP contribution >= 0.6 is 11.3 Å². The average Bonchev–Trinajstić information content (AvgIpc) is 2.99. The molecule has 0 spiro atoms. The van der Waals surface area contributed by atoms with E-state index in [0.717, 1.165) is 48.6 Å². The standard InChI is InChI=1S/C23H19N3OS/c1-12-5-7-16(8-6-12)21-15(4)28-23-25-20-17-10-13(2)9-14(3)19(17)24-11-18(20)22(27)26(21)23/h5-11H,1-4H3. The monoisotopic (exact) mass is 385 g/mol. The second-order valence-corrected chi connectivity index (χ2v) is 8.59. The van der Waals surface area contributed by atoms with Crippen molar-refractivity contribution in [3.05, 3.63) is 74.5 Å². The number of fused-ring (bicyclic) bond motifs is 4. The first-order chi connectivity index (χ1) is 13.4. The lowest BCUT2D eigenvalue weighted by Crippen LogP contribution is -2.15. The third-order valence-corrected chi connectivity index (χ3v) is 6.19. The predicted molar refractivity (Wildman–Crippen MR) is 117 cm³/mol. The van der Waals surface area contributed by atoms with Crippen LogP contribution in [0, 0.1) is 27.7 Å². The van der Waals surface area contributed by atoms with Crippen molar-refractivity contribution in [1.29, 1.82) is 0 Å². The summed E-state index contributed by atoms with van der Waals surface area (Å²) in [5.41, 5.74) is 6.95. The molecule has 0 unspecified atom stereocenters. The molecule has 0 fully saturated rings. The zero-order chi connectivity index (χ0) is 19.6. The largest absolute Gasteiger partial charge is 0.268 e. The Balaban J connectivity index is 1.94. The van der Waals surface area contributed by atoms with Crippen LogP contribution < -0.4 is 5.56 Å². The summed E-state index contributed by atoms with van der Waals surface area (Å²) < 4.78 is 1.74. The van der Waals surface area contributed by atoms with Crippen LogP contribution in [-0.4, -0.2) is 14.4 Å². The summed E-state index contributed by atoms with van der Waals surface area (Å²) in [6, 6.07) is 12.4. The molecule has 0 aliphatic rings. The van der Waals surface area contributed by atoms with Crippen LogP contribution in [-0.2, 0) is 0 Å². The van der Waals surface area contributed by atoms with Gasteiger partial charge < -0.3 is 0 Å². The first-order valence-corrected chi connectivity index (χ1v) is 10.0. The lowest BCUT2D eigenvalue weighted by atomic mass is 10.0. The number of aromatic nitrogens is 3.